The molecule has 3 aromatic carbocycles. The van der Waals surface area contributed by atoms with Crippen LogP contribution in [0.4, 0.5) is 5.69 Å². The zero-order valence-corrected chi connectivity index (χ0v) is 27.7. The van der Waals surface area contributed by atoms with E-state index in [0.29, 0.717) is 29.2 Å². The average molecular weight is 677 g/mol. The normalized spacial score (nSPS) is 12.2. The Morgan fingerprint density at radius 2 is 1.62 bits per heavy atom. The van der Waals surface area contributed by atoms with Crippen LogP contribution in [0.2, 0.25) is 5.02 Å². The molecule has 0 fully saturated rings. The van der Waals surface area contributed by atoms with E-state index in [4.69, 9.17) is 11.6 Å². The number of nitrogens with zero attached hydrogens (tertiary/aromatic N) is 2. The molecule has 0 aromatic heterocycles. The molecule has 0 aliphatic heterocycles. The van der Waals surface area contributed by atoms with Gasteiger partial charge in [-0.2, -0.15) is 0 Å². The molecule has 0 bridgehead atoms. The Kier molecular flexibility index (Phi) is 12.4. The van der Waals surface area contributed by atoms with E-state index in [0.717, 1.165) is 21.9 Å². The summed E-state index contributed by atoms with van der Waals surface area (Å²) in [5.41, 5.74) is 2.96. The number of carbonyl (C=O) groups excluding carboxylic acids is 2. The molecular weight excluding hydrogens is 638 g/mol. The van der Waals surface area contributed by atoms with E-state index in [1.807, 2.05) is 68.4 Å². The molecule has 3 aromatic rings. The van der Waals surface area contributed by atoms with Gasteiger partial charge in [0.05, 0.1) is 11.9 Å². The highest BCUT2D eigenvalue weighted by molar-refractivity contribution is 9.10. The molecule has 226 valence electrons. The van der Waals surface area contributed by atoms with E-state index in [1.165, 1.54) is 4.31 Å². The number of amides is 2. The van der Waals surface area contributed by atoms with Gasteiger partial charge in [0.2, 0.25) is 21.8 Å². The average Bonchev–Trinajstić information content (AvgIpc) is 2.94. The van der Waals surface area contributed by atoms with Crippen molar-refractivity contribution in [3.8, 4) is 0 Å². The zero-order chi connectivity index (χ0) is 30.9. The first kappa shape index (κ1) is 33.6. The molecule has 0 unspecified atom stereocenters. The van der Waals surface area contributed by atoms with Crippen molar-refractivity contribution in [2.45, 2.75) is 52.6 Å². The van der Waals surface area contributed by atoms with Crippen LogP contribution >= 0.6 is 27.5 Å². The lowest BCUT2D eigenvalue weighted by Crippen LogP contribution is -2.51. The minimum absolute atomic E-state index is 0.0604. The summed E-state index contributed by atoms with van der Waals surface area (Å²) in [5.74, 6) is -0.195. The minimum Gasteiger partial charge on any atom is -0.354 e. The first-order valence-electron chi connectivity index (χ1n) is 13.9. The number of carbonyl (C=O) groups is 2. The van der Waals surface area contributed by atoms with Crippen LogP contribution in [-0.2, 0) is 32.6 Å². The maximum Gasteiger partial charge on any atom is 0.243 e. The minimum atomic E-state index is -3.63. The van der Waals surface area contributed by atoms with Gasteiger partial charge in [-0.05, 0) is 60.2 Å². The molecule has 42 heavy (non-hydrogen) atoms. The van der Waals surface area contributed by atoms with Gasteiger partial charge in [-0.1, -0.05) is 89.9 Å². The molecule has 0 heterocycles. The van der Waals surface area contributed by atoms with Crippen LogP contribution < -0.4 is 9.62 Å². The molecule has 2 amide bonds. The van der Waals surface area contributed by atoms with Gasteiger partial charge in [0.15, 0.2) is 0 Å². The van der Waals surface area contributed by atoms with Crippen LogP contribution in [0.3, 0.4) is 0 Å². The van der Waals surface area contributed by atoms with Gasteiger partial charge in [0.25, 0.3) is 0 Å². The summed E-state index contributed by atoms with van der Waals surface area (Å²) in [4.78, 5) is 29.1. The molecule has 1 atom stereocenters. The summed E-state index contributed by atoms with van der Waals surface area (Å²) in [7, 11) is -3.63. The maximum absolute atomic E-state index is 13.9. The van der Waals surface area contributed by atoms with Gasteiger partial charge in [-0.25, -0.2) is 8.42 Å². The van der Waals surface area contributed by atoms with Crippen LogP contribution in [0.15, 0.2) is 77.3 Å². The molecule has 1 N–H and O–H groups in total. The summed E-state index contributed by atoms with van der Waals surface area (Å²) in [6, 6.07) is 21.7. The number of benzene rings is 3. The van der Waals surface area contributed by atoms with Crippen LogP contribution in [-0.4, -0.2) is 50.5 Å². The molecule has 3 rings (SSSR count). The van der Waals surface area contributed by atoms with Gasteiger partial charge < -0.3 is 10.2 Å². The third kappa shape index (κ3) is 9.85. The number of hydrogen-bond donors (Lipinski definition) is 1. The molecule has 10 heteroatoms. The Balaban J connectivity index is 1.89. The fourth-order valence-electron chi connectivity index (χ4n) is 4.61. The lowest BCUT2D eigenvalue weighted by atomic mass is 10.0. The molecule has 0 saturated heterocycles. The van der Waals surface area contributed by atoms with Gasteiger partial charge in [0, 0.05) is 42.0 Å². The molecule has 0 radical (unpaired) electrons. The molecule has 0 spiro atoms. The van der Waals surface area contributed by atoms with Crippen molar-refractivity contribution < 1.29 is 18.0 Å². The maximum atomic E-state index is 13.9. The quantitative estimate of drug-likeness (QED) is 0.215. The Morgan fingerprint density at radius 3 is 2.24 bits per heavy atom. The Bertz CT molecular complexity index is 1450. The van der Waals surface area contributed by atoms with Gasteiger partial charge in [-0.15, -0.1) is 0 Å². The number of hydrogen-bond acceptors (Lipinski definition) is 4. The second kappa shape index (κ2) is 15.5. The zero-order valence-electron chi connectivity index (χ0n) is 24.5. The topological polar surface area (TPSA) is 86.8 Å². The standard InChI is InChI=1S/C32H39BrClN3O4S/c1-23(2)21-35-32(39)30(20-25-10-6-5-7-11-25)36(22-26-15-17-27(33)18-16-26)31(38)14-9-19-37(42(4,40)41)29-13-8-12-28(34)24(29)3/h5-8,10-13,15-18,23,30H,9,14,19-22H2,1-4H3,(H,35,39)/t30-/m1/s1. The van der Waals surface area contributed by atoms with Crippen LogP contribution in [0, 0.1) is 12.8 Å². The summed E-state index contributed by atoms with van der Waals surface area (Å²) < 4.78 is 27.7. The van der Waals surface area contributed by atoms with Crippen molar-refractivity contribution in [2.24, 2.45) is 5.92 Å². The SMILES string of the molecule is Cc1c(Cl)cccc1N(CCCC(=O)N(Cc1ccc(Br)cc1)[C@H](Cc1ccccc1)C(=O)NCC(C)C)S(C)(=O)=O. The van der Waals surface area contributed by atoms with Gasteiger partial charge in [-0.3, -0.25) is 13.9 Å². The fourth-order valence-corrected chi connectivity index (χ4v) is 6.06. The molecule has 0 aliphatic carbocycles. The van der Waals surface area contributed by atoms with Crippen molar-refractivity contribution >= 4 is 55.1 Å². The largest absolute Gasteiger partial charge is 0.354 e. The van der Waals surface area contributed by atoms with E-state index >= 15 is 0 Å². The molecular formula is C32H39BrClN3O4S. The van der Waals surface area contributed by atoms with Crippen LogP contribution in [0.5, 0.6) is 0 Å². The van der Waals surface area contributed by atoms with Crippen molar-refractivity contribution in [2.75, 3.05) is 23.7 Å². The number of rotatable bonds is 14. The van der Waals surface area contributed by atoms with Gasteiger partial charge in [0.1, 0.15) is 6.04 Å². The second-order valence-corrected chi connectivity index (χ2v) is 14.0. The lowest BCUT2D eigenvalue weighted by Gasteiger charge is -2.32. The van der Waals surface area contributed by atoms with E-state index < -0.39 is 16.1 Å². The highest BCUT2D eigenvalue weighted by atomic mass is 79.9. The molecule has 7 nitrogen and oxygen atoms in total. The molecule has 0 aliphatic rings. The van der Waals surface area contributed by atoms with E-state index in [-0.39, 0.29) is 43.7 Å². The number of sulfonamides is 1. The Hall–Kier alpha value is -2.88. The van der Waals surface area contributed by atoms with Crippen LogP contribution in [0.25, 0.3) is 0 Å². The third-order valence-corrected chi connectivity index (χ3v) is 9.00. The van der Waals surface area contributed by atoms with Crippen molar-refractivity contribution in [1.82, 2.24) is 10.2 Å². The highest BCUT2D eigenvalue weighted by Gasteiger charge is 2.30. The number of anilines is 1. The summed E-state index contributed by atoms with van der Waals surface area (Å²) >= 11 is 9.73. The van der Waals surface area contributed by atoms with Gasteiger partial charge >= 0.3 is 0 Å². The van der Waals surface area contributed by atoms with Crippen LogP contribution in [0.1, 0.15) is 43.4 Å². The predicted molar refractivity (Wildman–Crippen MR) is 174 cm³/mol. The van der Waals surface area contributed by atoms with Crippen molar-refractivity contribution in [1.29, 1.82) is 0 Å². The number of nitrogens with one attached hydrogen (secondary N) is 1. The first-order valence-corrected chi connectivity index (χ1v) is 17.0. The first-order chi connectivity index (χ1) is 19.9. The Morgan fingerprint density at radius 1 is 0.952 bits per heavy atom. The van der Waals surface area contributed by atoms with E-state index in [2.05, 4.69) is 21.2 Å². The lowest BCUT2D eigenvalue weighted by molar-refractivity contribution is -0.141. The van der Waals surface area contributed by atoms with E-state index in [9.17, 15) is 18.0 Å². The van der Waals surface area contributed by atoms with Crippen molar-refractivity contribution in [3.63, 3.8) is 0 Å². The predicted octanol–water partition coefficient (Wildman–Crippen LogP) is 6.37. The smallest absolute Gasteiger partial charge is 0.243 e. The fraction of sp³-hybridized carbons (Fsp3) is 0.375. The Labute approximate surface area is 263 Å². The highest BCUT2D eigenvalue weighted by Crippen LogP contribution is 2.28. The third-order valence-electron chi connectivity index (χ3n) is 6.88. The van der Waals surface area contributed by atoms with E-state index in [1.54, 1.807) is 30.0 Å². The molecule has 0 saturated carbocycles. The second-order valence-electron chi connectivity index (χ2n) is 10.8. The summed E-state index contributed by atoms with van der Waals surface area (Å²) in [6.07, 6.45) is 1.82. The summed E-state index contributed by atoms with van der Waals surface area (Å²) in [5, 5.41) is 3.49. The monoisotopic (exact) mass is 675 g/mol. The van der Waals surface area contributed by atoms with Crippen molar-refractivity contribution in [3.05, 3.63) is 99.0 Å². The number of halogens is 2. The summed E-state index contributed by atoms with van der Waals surface area (Å²) in [6.45, 7) is 6.64.